The van der Waals surface area contributed by atoms with Gasteiger partial charge in [-0.15, -0.1) is 0 Å². The molecular weight excluding hydrogens is 230 g/mol. The predicted molar refractivity (Wildman–Crippen MR) is 88.8 cm³/mol. The van der Waals surface area contributed by atoms with Crippen LogP contribution in [0.1, 0.15) is 98.3 Å². The Morgan fingerprint density at radius 2 is 1.42 bits per heavy atom. The van der Waals surface area contributed by atoms with E-state index in [4.69, 9.17) is 0 Å². The van der Waals surface area contributed by atoms with Gasteiger partial charge in [-0.1, -0.05) is 85.5 Å². The van der Waals surface area contributed by atoms with Gasteiger partial charge in [-0.2, -0.15) is 0 Å². The molecule has 0 fully saturated rings. The maximum absolute atomic E-state index is 3.71. The molecule has 0 aliphatic rings. The van der Waals surface area contributed by atoms with Crippen LogP contribution in [0.5, 0.6) is 0 Å². The van der Waals surface area contributed by atoms with Crippen LogP contribution in [-0.4, -0.2) is 12.6 Å². The molecule has 0 spiro atoms. The zero-order valence-corrected chi connectivity index (χ0v) is 14.1. The zero-order chi connectivity index (χ0) is 14.3. The van der Waals surface area contributed by atoms with Gasteiger partial charge in [0.1, 0.15) is 0 Å². The molecule has 0 aliphatic carbocycles. The van der Waals surface area contributed by atoms with E-state index in [-0.39, 0.29) is 0 Å². The van der Waals surface area contributed by atoms with Gasteiger partial charge < -0.3 is 5.32 Å². The lowest BCUT2D eigenvalue weighted by molar-refractivity contribution is 0.334. The van der Waals surface area contributed by atoms with Crippen LogP contribution in [0.3, 0.4) is 0 Å². The van der Waals surface area contributed by atoms with E-state index in [0.29, 0.717) is 0 Å². The topological polar surface area (TPSA) is 12.0 Å². The number of rotatable bonds is 14. The molecule has 2 atom stereocenters. The molecule has 0 aromatic heterocycles. The quantitative estimate of drug-likeness (QED) is 0.385. The van der Waals surface area contributed by atoms with E-state index in [1.165, 1.54) is 70.6 Å². The first-order valence-electron chi connectivity index (χ1n) is 9.01. The van der Waals surface area contributed by atoms with Crippen LogP contribution >= 0.6 is 0 Å². The second-order valence-corrected chi connectivity index (χ2v) is 6.11. The third-order valence-corrected chi connectivity index (χ3v) is 4.31. The van der Waals surface area contributed by atoms with Gasteiger partial charge in [0.05, 0.1) is 0 Å². The van der Waals surface area contributed by atoms with Crippen molar-refractivity contribution in [3.8, 4) is 0 Å². The lowest BCUT2D eigenvalue weighted by Crippen LogP contribution is -2.31. The Hall–Kier alpha value is -0.0400. The Morgan fingerprint density at radius 3 is 2.00 bits per heavy atom. The largest absolute Gasteiger partial charge is 0.314 e. The molecule has 116 valence electrons. The van der Waals surface area contributed by atoms with Crippen molar-refractivity contribution < 1.29 is 0 Å². The van der Waals surface area contributed by atoms with Gasteiger partial charge in [-0.05, 0) is 25.3 Å². The maximum Gasteiger partial charge on any atom is 0.00695 e. The molecule has 19 heavy (non-hydrogen) atoms. The molecule has 0 aliphatic heterocycles. The van der Waals surface area contributed by atoms with Crippen molar-refractivity contribution in [1.29, 1.82) is 0 Å². The minimum Gasteiger partial charge on any atom is -0.314 e. The summed E-state index contributed by atoms with van der Waals surface area (Å²) in [7, 11) is 0. The highest BCUT2D eigenvalue weighted by atomic mass is 14.9. The van der Waals surface area contributed by atoms with Crippen LogP contribution in [0.25, 0.3) is 0 Å². The fourth-order valence-electron chi connectivity index (χ4n) is 2.97. The molecule has 1 heteroatoms. The van der Waals surface area contributed by atoms with Crippen LogP contribution < -0.4 is 5.32 Å². The van der Waals surface area contributed by atoms with Crippen molar-refractivity contribution in [3.63, 3.8) is 0 Å². The number of nitrogens with one attached hydrogen (secondary N) is 1. The van der Waals surface area contributed by atoms with Gasteiger partial charge in [0.2, 0.25) is 0 Å². The Kier molecular flexibility index (Phi) is 14.3. The first-order valence-corrected chi connectivity index (χ1v) is 9.01. The molecule has 0 bridgehead atoms. The minimum atomic E-state index is 0.772. The molecular formula is C18H39N. The summed E-state index contributed by atoms with van der Waals surface area (Å²) >= 11 is 0. The van der Waals surface area contributed by atoms with E-state index in [2.05, 4.69) is 33.0 Å². The number of hydrogen-bond donors (Lipinski definition) is 1. The fourth-order valence-corrected chi connectivity index (χ4v) is 2.97. The molecule has 0 radical (unpaired) electrons. The van der Waals surface area contributed by atoms with E-state index in [0.717, 1.165) is 18.5 Å². The molecule has 0 amide bonds. The molecule has 0 aromatic carbocycles. The van der Waals surface area contributed by atoms with Gasteiger partial charge in [0.15, 0.2) is 0 Å². The fraction of sp³-hybridized carbons (Fsp3) is 1.00. The van der Waals surface area contributed by atoms with Gasteiger partial charge in [-0.25, -0.2) is 0 Å². The van der Waals surface area contributed by atoms with Crippen LogP contribution in [0.2, 0.25) is 0 Å². The molecule has 0 saturated carbocycles. The summed E-state index contributed by atoms with van der Waals surface area (Å²) in [5.41, 5.74) is 0. The molecule has 0 saturated heterocycles. The number of hydrogen-bond acceptors (Lipinski definition) is 1. The predicted octanol–water partition coefficient (Wildman–Crippen LogP) is 5.93. The monoisotopic (exact) mass is 269 g/mol. The molecule has 1 nitrogen and oxygen atoms in total. The second kappa shape index (κ2) is 14.4. The van der Waals surface area contributed by atoms with Crippen molar-refractivity contribution >= 4 is 0 Å². The first-order chi connectivity index (χ1) is 9.28. The van der Waals surface area contributed by atoms with Crippen LogP contribution in [0.4, 0.5) is 0 Å². The van der Waals surface area contributed by atoms with Crippen molar-refractivity contribution in [2.45, 2.75) is 104 Å². The molecule has 0 aromatic rings. The van der Waals surface area contributed by atoms with Crippen LogP contribution in [0, 0.1) is 5.92 Å². The minimum absolute atomic E-state index is 0.772. The highest BCUT2D eigenvalue weighted by Crippen LogP contribution is 2.21. The summed E-state index contributed by atoms with van der Waals surface area (Å²) in [6, 6.07) is 0.772. The van der Waals surface area contributed by atoms with Gasteiger partial charge in [-0.3, -0.25) is 0 Å². The third-order valence-electron chi connectivity index (χ3n) is 4.31. The lowest BCUT2D eigenvalue weighted by Gasteiger charge is -2.23. The van der Waals surface area contributed by atoms with E-state index in [9.17, 15) is 0 Å². The van der Waals surface area contributed by atoms with Crippen LogP contribution in [0.15, 0.2) is 0 Å². The molecule has 1 N–H and O–H groups in total. The van der Waals surface area contributed by atoms with E-state index < -0.39 is 0 Å². The molecule has 2 unspecified atom stereocenters. The molecule has 0 rings (SSSR count). The maximum atomic E-state index is 3.71. The van der Waals surface area contributed by atoms with E-state index in [1.54, 1.807) is 0 Å². The highest BCUT2D eigenvalue weighted by molar-refractivity contribution is 4.71. The average molecular weight is 270 g/mol. The zero-order valence-electron chi connectivity index (χ0n) is 14.1. The summed E-state index contributed by atoms with van der Waals surface area (Å²) < 4.78 is 0. The normalized spacial score (nSPS) is 14.5. The van der Waals surface area contributed by atoms with Crippen molar-refractivity contribution in [2.75, 3.05) is 6.54 Å². The van der Waals surface area contributed by atoms with E-state index >= 15 is 0 Å². The van der Waals surface area contributed by atoms with Crippen molar-refractivity contribution in [1.82, 2.24) is 5.32 Å². The van der Waals surface area contributed by atoms with Crippen LogP contribution in [-0.2, 0) is 0 Å². The SMILES string of the molecule is CCCCCCCC(CC(CC)CCCC)NCC. The summed E-state index contributed by atoms with van der Waals surface area (Å²) in [5.74, 6) is 0.944. The second-order valence-electron chi connectivity index (χ2n) is 6.11. The highest BCUT2D eigenvalue weighted by Gasteiger charge is 2.13. The van der Waals surface area contributed by atoms with Gasteiger partial charge >= 0.3 is 0 Å². The van der Waals surface area contributed by atoms with Gasteiger partial charge in [0, 0.05) is 6.04 Å². The summed E-state index contributed by atoms with van der Waals surface area (Å²) in [4.78, 5) is 0. The standard InChI is InChI=1S/C18H39N/c1-5-9-11-12-13-15-18(19-8-4)16-17(7-3)14-10-6-2/h17-19H,5-16H2,1-4H3. The molecule has 0 heterocycles. The average Bonchev–Trinajstić information content (AvgIpc) is 2.43. The van der Waals surface area contributed by atoms with Crippen molar-refractivity contribution in [3.05, 3.63) is 0 Å². The lowest BCUT2D eigenvalue weighted by atomic mass is 9.90. The Morgan fingerprint density at radius 1 is 0.737 bits per heavy atom. The first kappa shape index (κ1) is 19.0. The van der Waals surface area contributed by atoms with Crippen molar-refractivity contribution in [2.24, 2.45) is 5.92 Å². The summed E-state index contributed by atoms with van der Waals surface area (Å²) in [5, 5.41) is 3.71. The Bertz CT molecular complexity index is 167. The smallest absolute Gasteiger partial charge is 0.00695 e. The van der Waals surface area contributed by atoms with E-state index in [1.807, 2.05) is 0 Å². The Balaban J connectivity index is 3.86. The Labute approximate surface area is 122 Å². The number of unbranched alkanes of at least 4 members (excludes halogenated alkanes) is 5. The summed E-state index contributed by atoms with van der Waals surface area (Å²) in [6.07, 6.45) is 15.4. The van der Waals surface area contributed by atoms with Gasteiger partial charge in [0.25, 0.3) is 0 Å². The third kappa shape index (κ3) is 11.5. The summed E-state index contributed by atoms with van der Waals surface area (Å²) in [6.45, 7) is 10.3.